The van der Waals surface area contributed by atoms with Crippen molar-refractivity contribution in [3.05, 3.63) is 65.7 Å². The zero-order valence-corrected chi connectivity index (χ0v) is 16.3. The van der Waals surface area contributed by atoms with E-state index in [-0.39, 0.29) is 5.91 Å². The summed E-state index contributed by atoms with van der Waals surface area (Å²) in [6.07, 6.45) is 0. The van der Waals surface area contributed by atoms with Crippen molar-refractivity contribution in [2.45, 2.75) is 17.0 Å². The fourth-order valence-corrected chi connectivity index (χ4v) is 3.63. The number of benzene rings is 2. The number of nitrogens with zero attached hydrogens (tertiary/aromatic N) is 5. The number of rotatable bonds is 7. The zero-order chi connectivity index (χ0) is 19.2. The van der Waals surface area contributed by atoms with Crippen LogP contribution in [0.3, 0.4) is 0 Å². The van der Waals surface area contributed by atoms with E-state index in [2.05, 4.69) is 15.5 Å². The van der Waals surface area contributed by atoms with Crippen LogP contribution in [0.15, 0.2) is 59.8 Å². The summed E-state index contributed by atoms with van der Waals surface area (Å²) < 4.78 is 6.88. The summed E-state index contributed by atoms with van der Waals surface area (Å²) >= 11 is 1.35. The molecule has 0 aliphatic heterocycles. The molecule has 0 fully saturated rings. The lowest BCUT2D eigenvalue weighted by atomic mass is 10.1. The normalized spacial score (nSPS) is 11.8. The smallest absolute Gasteiger partial charge is 0.240 e. The molecule has 1 amide bonds. The van der Waals surface area contributed by atoms with Gasteiger partial charge < -0.3 is 9.64 Å². The van der Waals surface area contributed by atoms with Gasteiger partial charge in [-0.3, -0.25) is 4.79 Å². The number of amides is 1. The molecule has 1 heterocycles. The van der Waals surface area contributed by atoms with E-state index in [1.165, 1.54) is 11.8 Å². The number of likely N-dealkylation sites (N-methyl/N-ethyl adjacent to an activating group) is 1. The van der Waals surface area contributed by atoms with Crippen LogP contribution in [0.4, 0.5) is 0 Å². The topological polar surface area (TPSA) is 73.1 Å². The SMILES string of the molecule is COc1ccc(Cn2nnnc2SC(C(=O)N(C)C)c2ccccc2)cc1. The van der Waals surface area contributed by atoms with Gasteiger partial charge in [-0.1, -0.05) is 54.2 Å². The molecule has 7 nitrogen and oxygen atoms in total. The number of thioether (sulfide) groups is 1. The third-order valence-electron chi connectivity index (χ3n) is 3.98. The van der Waals surface area contributed by atoms with Crippen molar-refractivity contribution < 1.29 is 9.53 Å². The summed E-state index contributed by atoms with van der Waals surface area (Å²) in [6, 6.07) is 17.4. The highest BCUT2D eigenvalue weighted by Gasteiger charge is 2.26. The first-order valence-corrected chi connectivity index (χ1v) is 9.28. The quantitative estimate of drug-likeness (QED) is 0.584. The van der Waals surface area contributed by atoms with Crippen LogP contribution in [0.1, 0.15) is 16.4 Å². The molecule has 0 spiro atoms. The first kappa shape index (κ1) is 18.9. The molecule has 0 saturated heterocycles. The van der Waals surface area contributed by atoms with Crippen LogP contribution in [0.25, 0.3) is 0 Å². The number of aromatic nitrogens is 4. The highest BCUT2D eigenvalue weighted by Crippen LogP contribution is 2.35. The fourth-order valence-electron chi connectivity index (χ4n) is 2.51. The Morgan fingerprint density at radius 2 is 1.85 bits per heavy atom. The third kappa shape index (κ3) is 4.65. The Labute approximate surface area is 162 Å². The minimum atomic E-state index is -0.415. The number of hydrogen-bond acceptors (Lipinski definition) is 6. The van der Waals surface area contributed by atoms with Gasteiger partial charge in [0.1, 0.15) is 11.0 Å². The molecule has 1 atom stereocenters. The first-order chi connectivity index (χ1) is 13.1. The number of ether oxygens (including phenoxy) is 1. The number of carbonyl (C=O) groups is 1. The minimum Gasteiger partial charge on any atom is -0.497 e. The number of carbonyl (C=O) groups excluding carboxylic acids is 1. The van der Waals surface area contributed by atoms with Gasteiger partial charge in [-0.15, -0.1) is 5.10 Å². The van der Waals surface area contributed by atoms with Gasteiger partial charge >= 0.3 is 0 Å². The molecule has 3 aromatic rings. The van der Waals surface area contributed by atoms with Gasteiger partial charge in [0.25, 0.3) is 0 Å². The van der Waals surface area contributed by atoms with Gasteiger partial charge in [0, 0.05) is 14.1 Å². The standard InChI is InChI=1S/C19H21N5O2S/c1-23(2)18(25)17(15-7-5-4-6-8-15)27-19-20-21-22-24(19)13-14-9-11-16(26-3)12-10-14/h4-12,17H,13H2,1-3H3. The van der Waals surface area contributed by atoms with Crippen molar-refractivity contribution in [3.8, 4) is 5.75 Å². The van der Waals surface area contributed by atoms with Crippen LogP contribution < -0.4 is 4.74 Å². The van der Waals surface area contributed by atoms with Gasteiger partial charge in [0.2, 0.25) is 11.1 Å². The second kappa shape index (κ2) is 8.68. The number of hydrogen-bond donors (Lipinski definition) is 0. The van der Waals surface area contributed by atoms with Crippen LogP contribution in [-0.4, -0.2) is 52.2 Å². The van der Waals surface area contributed by atoms with Crippen LogP contribution in [0, 0.1) is 0 Å². The number of tetrazole rings is 1. The second-order valence-corrected chi connectivity index (χ2v) is 7.18. The van der Waals surface area contributed by atoms with Crippen molar-refractivity contribution >= 4 is 17.7 Å². The molecule has 2 aromatic carbocycles. The molecule has 27 heavy (non-hydrogen) atoms. The Kier molecular flexibility index (Phi) is 6.08. The van der Waals surface area contributed by atoms with Gasteiger partial charge in [-0.2, -0.15) is 0 Å². The predicted octanol–water partition coefficient (Wildman–Crippen LogP) is 2.65. The highest BCUT2D eigenvalue weighted by atomic mass is 32.2. The molecule has 0 aliphatic rings. The largest absolute Gasteiger partial charge is 0.497 e. The van der Waals surface area contributed by atoms with E-state index in [9.17, 15) is 4.79 Å². The summed E-state index contributed by atoms with van der Waals surface area (Å²) in [5.41, 5.74) is 1.96. The lowest BCUT2D eigenvalue weighted by Crippen LogP contribution is -2.27. The van der Waals surface area contributed by atoms with Crippen molar-refractivity contribution in [1.82, 2.24) is 25.1 Å². The molecule has 0 N–H and O–H groups in total. The maximum atomic E-state index is 12.7. The molecule has 0 aliphatic carbocycles. The molecule has 8 heteroatoms. The summed E-state index contributed by atoms with van der Waals surface area (Å²) in [6.45, 7) is 0.511. The van der Waals surface area contributed by atoms with E-state index in [4.69, 9.17) is 4.74 Å². The maximum Gasteiger partial charge on any atom is 0.240 e. The predicted molar refractivity (Wildman–Crippen MR) is 104 cm³/mol. The summed E-state index contributed by atoms with van der Waals surface area (Å²) in [5.74, 6) is 0.788. The van der Waals surface area contributed by atoms with Gasteiger partial charge in [-0.25, -0.2) is 4.68 Å². The molecule has 1 unspecified atom stereocenters. The van der Waals surface area contributed by atoms with E-state index in [0.29, 0.717) is 11.7 Å². The minimum absolute atomic E-state index is 0.00908. The van der Waals surface area contributed by atoms with Gasteiger partial charge in [0.15, 0.2) is 0 Å². The fraction of sp³-hybridized carbons (Fsp3) is 0.263. The lowest BCUT2D eigenvalue weighted by molar-refractivity contribution is -0.128. The maximum absolute atomic E-state index is 12.7. The summed E-state index contributed by atoms with van der Waals surface area (Å²) in [4.78, 5) is 14.3. The Bertz CT molecular complexity index is 881. The second-order valence-electron chi connectivity index (χ2n) is 6.11. The van der Waals surface area contributed by atoms with Crippen LogP contribution in [0.2, 0.25) is 0 Å². The Balaban J connectivity index is 1.83. The van der Waals surface area contributed by atoms with E-state index in [1.807, 2.05) is 54.6 Å². The summed E-state index contributed by atoms with van der Waals surface area (Å²) in [5, 5.41) is 12.2. The van der Waals surface area contributed by atoms with Crippen molar-refractivity contribution in [2.24, 2.45) is 0 Å². The Morgan fingerprint density at radius 1 is 1.15 bits per heavy atom. The summed E-state index contributed by atoms with van der Waals surface area (Å²) in [7, 11) is 5.13. The molecule has 1 aromatic heterocycles. The average molecular weight is 383 g/mol. The van der Waals surface area contributed by atoms with Gasteiger partial charge in [0.05, 0.1) is 13.7 Å². The average Bonchev–Trinajstić information content (AvgIpc) is 3.13. The van der Waals surface area contributed by atoms with E-state index < -0.39 is 5.25 Å². The molecule has 0 radical (unpaired) electrons. The monoisotopic (exact) mass is 383 g/mol. The van der Waals surface area contributed by atoms with E-state index >= 15 is 0 Å². The third-order valence-corrected chi connectivity index (χ3v) is 5.19. The van der Waals surface area contributed by atoms with Crippen molar-refractivity contribution in [2.75, 3.05) is 21.2 Å². The van der Waals surface area contributed by atoms with E-state index in [0.717, 1.165) is 16.9 Å². The Morgan fingerprint density at radius 3 is 2.48 bits per heavy atom. The molecule has 3 rings (SSSR count). The van der Waals surface area contributed by atoms with Crippen molar-refractivity contribution in [1.29, 1.82) is 0 Å². The number of methoxy groups -OCH3 is 1. The molecule has 140 valence electrons. The molecule has 0 saturated carbocycles. The molecular weight excluding hydrogens is 362 g/mol. The first-order valence-electron chi connectivity index (χ1n) is 8.40. The molecule has 0 bridgehead atoms. The van der Waals surface area contributed by atoms with Crippen LogP contribution in [-0.2, 0) is 11.3 Å². The van der Waals surface area contributed by atoms with Crippen LogP contribution >= 0.6 is 11.8 Å². The highest BCUT2D eigenvalue weighted by molar-refractivity contribution is 8.00. The van der Waals surface area contributed by atoms with Crippen LogP contribution in [0.5, 0.6) is 5.75 Å². The van der Waals surface area contributed by atoms with Crippen molar-refractivity contribution in [3.63, 3.8) is 0 Å². The lowest BCUT2D eigenvalue weighted by Gasteiger charge is -2.20. The zero-order valence-electron chi connectivity index (χ0n) is 15.4. The molecular formula is C19H21N5O2S. The van der Waals surface area contributed by atoms with Gasteiger partial charge in [-0.05, 0) is 33.7 Å². The Hall–Kier alpha value is -2.87. The van der Waals surface area contributed by atoms with E-state index in [1.54, 1.807) is 30.8 Å².